The molecule has 3 aliphatic rings. The van der Waals surface area contributed by atoms with Crippen LogP contribution in [0.15, 0.2) is 36.4 Å². The third kappa shape index (κ3) is 8.18. The standard InChI is InChI=1S/C34H46O17/c1-16(36)51-34(15-48-31(19(34)12-35)18-6-8-21(43-2)24(10-18)45-4)11-17-5-7-22(23(9-17)44-3)49-33-30(42)28(40)27(39)25(50-33)14-47-32-29(41)26(38)20(37)13-46-32/h5-10,19-20,25-33,35,37-42H,11-15H2,1-4H3/t19-,20+,25+,26+,27+,28-,29-,30+,31-,32+,33+,34-/m1/s1. The van der Waals surface area contributed by atoms with Crippen LogP contribution in [0.25, 0.3) is 0 Å². The van der Waals surface area contributed by atoms with Crippen molar-refractivity contribution in [3.8, 4) is 23.0 Å². The van der Waals surface area contributed by atoms with Gasteiger partial charge in [-0.25, -0.2) is 0 Å². The number of hydrogen-bond acceptors (Lipinski definition) is 17. The van der Waals surface area contributed by atoms with Gasteiger partial charge in [0.05, 0.1) is 59.8 Å². The minimum absolute atomic E-state index is 0.0361. The molecule has 0 amide bonds. The average molecular weight is 727 g/mol. The topological polar surface area (TPSA) is 242 Å². The Morgan fingerprint density at radius 1 is 0.804 bits per heavy atom. The van der Waals surface area contributed by atoms with Crippen LogP contribution in [-0.2, 0) is 34.9 Å². The van der Waals surface area contributed by atoms with E-state index < -0.39 is 85.5 Å². The zero-order chi connectivity index (χ0) is 37.0. The highest BCUT2D eigenvalue weighted by molar-refractivity contribution is 5.67. The molecular weight excluding hydrogens is 680 g/mol. The lowest BCUT2D eigenvalue weighted by molar-refractivity contribution is -0.307. The number of aliphatic hydroxyl groups is 7. The van der Waals surface area contributed by atoms with E-state index in [-0.39, 0.29) is 37.7 Å². The summed E-state index contributed by atoms with van der Waals surface area (Å²) in [5.74, 6) is -0.0196. The van der Waals surface area contributed by atoms with Gasteiger partial charge in [0.2, 0.25) is 6.29 Å². The van der Waals surface area contributed by atoms with Gasteiger partial charge in [-0.15, -0.1) is 0 Å². The van der Waals surface area contributed by atoms with Crippen molar-refractivity contribution < 1.29 is 83.2 Å². The summed E-state index contributed by atoms with van der Waals surface area (Å²) in [6.45, 7) is 0.0886. The number of carbonyl (C=O) groups excluding carboxylic acids is 1. The molecule has 0 bridgehead atoms. The molecule has 7 N–H and O–H groups in total. The van der Waals surface area contributed by atoms with Gasteiger partial charge in [0.25, 0.3) is 0 Å². The summed E-state index contributed by atoms with van der Waals surface area (Å²) in [5.41, 5.74) is 0.00898. The number of esters is 1. The Bertz CT molecular complexity index is 1470. The van der Waals surface area contributed by atoms with E-state index >= 15 is 0 Å². The molecule has 5 rings (SSSR count). The molecule has 3 fully saturated rings. The van der Waals surface area contributed by atoms with Crippen molar-refractivity contribution in [2.45, 2.75) is 80.4 Å². The minimum atomic E-state index is -1.73. The van der Waals surface area contributed by atoms with E-state index in [0.717, 1.165) is 0 Å². The Kier molecular flexibility index (Phi) is 12.6. The Hall–Kier alpha value is -3.33. The van der Waals surface area contributed by atoms with E-state index in [1.807, 2.05) is 0 Å². The molecule has 17 heteroatoms. The van der Waals surface area contributed by atoms with Crippen LogP contribution in [0.1, 0.15) is 24.2 Å². The van der Waals surface area contributed by atoms with Crippen LogP contribution in [0.2, 0.25) is 0 Å². The Balaban J connectivity index is 1.32. The molecule has 12 atom stereocenters. The van der Waals surface area contributed by atoms with Gasteiger partial charge in [-0.1, -0.05) is 12.1 Å². The first-order valence-electron chi connectivity index (χ1n) is 16.3. The molecule has 3 saturated heterocycles. The fourth-order valence-electron chi connectivity index (χ4n) is 6.62. The largest absolute Gasteiger partial charge is 0.493 e. The first kappa shape index (κ1) is 38.9. The van der Waals surface area contributed by atoms with Gasteiger partial charge in [-0.3, -0.25) is 4.79 Å². The lowest BCUT2D eigenvalue weighted by Gasteiger charge is -2.41. The van der Waals surface area contributed by atoms with E-state index in [1.54, 1.807) is 30.3 Å². The molecule has 0 unspecified atom stereocenters. The highest BCUT2D eigenvalue weighted by Crippen LogP contribution is 2.47. The summed E-state index contributed by atoms with van der Waals surface area (Å²) in [6, 6.07) is 10.0. The van der Waals surface area contributed by atoms with Crippen molar-refractivity contribution in [2.75, 3.05) is 47.8 Å². The van der Waals surface area contributed by atoms with Crippen LogP contribution in [0, 0.1) is 5.92 Å². The SMILES string of the molecule is COc1ccc([C@H]2OC[C@@](Cc3ccc(O[C@H]4O[C@@H](CO[C@@H]5OC[C@H](O)[C@H](O)[C@H]5O)[C@H](O)[C@@H](O)[C@@H]4O)c(OC)c3)(OC(C)=O)[C@@H]2CO)cc1OC. The quantitative estimate of drug-likeness (QED) is 0.117. The number of hydrogen-bond donors (Lipinski definition) is 7. The normalized spacial score (nSPS) is 35.2. The van der Waals surface area contributed by atoms with Gasteiger partial charge in [0.1, 0.15) is 48.3 Å². The lowest BCUT2D eigenvalue weighted by Crippen LogP contribution is -2.61. The number of benzene rings is 2. The van der Waals surface area contributed by atoms with Gasteiger partial charge in [0.15, 0.2) is 29.3 Å². The van der Waals surface area contributed by atoms with E-state index in [2.05, 4.69) is 0 Å². The van der Waals surface area contributed by atoms with Gasteiger partial charge in [-0.05, 0) is 35.4 Å². The maximum absolute atomic E-state index is 12.4. The predicted molar refractivity (Wildman–Crippen MR) is 171 cm³/mol. The number of ether oxygens (including phenoxy) is 9. The molecule has 3 heterocycles. The second-order valence-electron chi connectivity index (χ2n) is 12.7. The second kappa shape index (κ2) is 16.6. The third-order valence-electron chi connectivity index (χ3n) is 9.35. The average Bonchev–Trinajstić information content (AvgIpc) is 3.47. The lowest BCUT2D eigenvalue weighted by atomic mass is 9.80. The number of methoxy groups -OCH3 is 3. The smallest absolute Gasteiger partial charge is 0.303 e. The summed E-state index contributed by atoms with van der Waals surface area (Å²) in [7, 11) is 4.40. The third-order valence-corrected chi connectivity index (χ3v) is 9.35. The van der Waals surface area contributed by atoms with E-state index in [0.29, 0.717) is 22.6 Å². The number of aliphatic hydroxyl groups excluding tert-OH is 7. The van der Waals surface area contributed by atoms with E-state index in [4.69, 9.17) is 42.6 Å². The van der Waals surface area contributed by atoms with Crippen molar-refractivity contribution >= 4 is 5.97 Å². The maximum atomic E-state index is 12.4. The number of carbonyl (C=O) groups is 1. The molecule has 2 aromatic rings. The van der Waals surface area contributed by atoms with Gasteiger partial charge in [-0.2, -0.15) is 0 Å². The van der Waals surface area contributed by atoms with Crippen molar-refractivity contribution in [2.24, 2.45) is 5.92 Å². The Morgan fingerprint density at radius 3 is 2.14 bits per heavy atom. The first-order chi connectivity index (χ1) is 24.4. The molecule has 0 spiro atoms. The van der Waals surface area contributed by atoms with E-state index in [9.17, 15) is 40.5 Å². The fourth-order valence-corrected chi connectivity index (χ4v) is 6.62. The fraction of sp³-hybridized carbons (Fsp3) is 0.618. The van der Waals surface area contributed by atoms with Crippen LogP contribution in [-0.4, -0.2) is 150 Å². The molecule has 0 aliphatic carbocycles. The molecule has 0 aromatic heterocycles. The van der Waals surface area contributed by atoms with E-state index in [1.165, 1.54) is 34.3 Å². The number of rotatable bonds is 13. The van der Waals surface area contributed by atoms with Crippen molar-refractivity contribution in [1.29, 1.82) is 0 Å². The molecule has 0 saturated carbocycles. The van der Waals surface area contributed by atoms with Crippen LogP contribution >= 0.6 is 0 Å². The molecule has 0 radical (unpaired) electrons. The highest BCUT2D eigenvalue weighted by Gasteiger charge is 2.53. The van der Waals surface area contributed by atoms with Crippen LogP contribution < -0.4 is 18.9 Å². The Morgan fingerprint density at radius 2 is 1.47 bits per heavy atom. The van der Waals surface area contributed by atoms with Gasteiger partial charge < -0.3 is 78.4 Å². The molecule has 3 aliphatic heterocycles. The van der Waals surface area contributed by atoms with Crippen LogP contribution in [0.5, 0.6) is 23.0 Å². The highest BCUT2D eigenvalue weighted by atomic mass is 16.7. The van der Waals surface area contributed by atoms with Crippen molar-refractivity contribution in [1.82, 2.24) is 0 Å². The summed E-state index contributed by atoms with van der Waals surface area (Å²) >= 11 is 0. The van der Waals surface area contributed by atoms with Crippen molar-refractivity contribution in [3.63, 3.8) is 0 Å². The van der Waals surface area contributed by atoms with Crippen LogP contribution in [0.4, 0.5) is 0 Å². The minimum Gasteiger partial charge on any atom is -0.493 e. The summed E-state index contributed by atoms with van der Waals surface area (Å²) in [6.07, 6.45) is -14.2. The molecular formula is C34H46O17. The van der Waals surface area contributed by atoms with Crippen molar-refractivity contribution in [3.05, 3.63) is 47.5 Å². The van der Waals surface area contributed by atoms with Gasteiger partial charge in [0, 0.05) is 13.3 Å². The molecule has 51 heavy (non-hydrogen) atoms. The first-order valence-corrected chi connectivity index (χ1v) is 16.3. The zero-order valence-electron chi connectivity index (χ0n) is 28.6. The van der Waals surface area contributed by atoms with Gasteiger partial charge >= 0.3 is 5.97 Å². The Labute approximate surface area is 293 Å². The molecule has 2 aromatic carbocycles. The van der Waals surface area contributed by atoms with Crippen LogP contribution in [0.3, 0.4) is 0 Å². The summed E-state index contributed by atoms with van der Waals surface area (Å²) < 4.78 is 50.7. The molecule has 284 valence electrons. The molecule has 17 nitrogen and oxygen atoms in total. The summed E-state index contributed by atoms with van der Waals surface area (Å²) in [5, 5.41) is 72.2. The monoisotopic (exact) mass is 726 g/mol. The maximum Gasteiger partial charge on any atom is 0.303 e. The summed E-state index contributed by atoms with van der Waals surface area (Å²) in [4.78, 5) is 12.4. The second-order valence-corrected chi connectivity index (χ2v) is 12.7. The predicted octanol–water partition coefficient (Wildman–Crippen LogP) is -1.42. The zero-order valence-corrected chi connectivity index (χ0v) is 28.6.